The van der Waals surface area contributed by atoms with Crippen LogP contribution in [-0.4, -0.2) is 96.7 Å². The first-order valence-electron chi connectivity index (χ1n) is 40.7. The van der Waals surface area contributed by atoms with E-state index in [4.69, 9.17) is 37.0 Å². The standard InChI is InChI=1S/C79H154O17P2/c1-9-72(8)58-50-42-37-38-44-52-60-77(82)90-66-75(96-79(84)62-54-46-36-29-23-19-15-11-13-17-21-26-32-40-48-56-70(4)5)68-94-98(87,88)92-64-73(80)63-91-97(85,86)93-67-74(65-89-76(81)59-51-43-34-30-24-27-33-41-49-57-71(6)7)95-78(83)61-53-45-35-28-22-18-14-10-12-16-20-25-31-39-47-55-69(2)3/h69-75,80H,9-68H2,1-8H3,(H,85,86)(H,87,88)/t72?,73-,74-,75-/m1/s1. The predicted octanol–water partition coefficient (Wildman–Crippen LogP) is 23.2. The lowest BCUT2D eigenvalue weighted by Gasteiger charge is -2.21. The summed E-state index contributed by atoms with van der Waals surface area (Å²) in [6, 6.07) is 0. The quantitative estimate of drug-likeness (QED) is 0.0222. The lowest BCUT2D eigenvalue weighted by atomic mass is 10.00. The van der Waals surface area contributed by atoms with Crippen LogP contribution in [0.15, 0.2) is 0 Å². The SMILES string of the molecule is CCC(C)CCCCCCCCC(=O)OC[C@H](COP(=O)(O)OC[C@H](O)COP(=O)(O)OC[C@@H](COC(=O)CCCCCCCCCCCC(C)C)OC(=O)CCCCCCCCCCCCCCCCCC(C)C)OC(=O)CCCCCCCCCCCCCCCCCC(C)C. The molecule has 3 unspecified atom stereocenters. The van der Waals surface area contributed by atoms with Crippen LogP contribution in [0.3, 0.4) is 0 Å². The normalized spacial score (nSPS) is 14.3. The summed E-state index contributed by atoms with van der Waals surface area (Å²) in [5.41, 5.74) is 0. The highest BCUT2D eigenvalue weighted by atomic mass is 31.2. The Hall–Kier alpha value is -1.94. The second-order valence-electron chi connectivity index (χ2n) is 30.1. The lowest BCUT2D eigenvalue weighted by molar-refractivity contribution is -0.161. The van der Waals surface area contributed by atoms with E-state index in [0.717, 1.165) is 120 Å². The van der Waals surface area contributed by atoms with Gasteiger partial charge < -0.3 is 33.8 Å². The molecule has 17 nitrogen and oxygen atoms in total. The summed E-state index contributed by atoms with van der Waals surface area (Å²) >= 11 is 0. The third kappa shape index (κ3) is 71.1. The van der Waals surface area contributed by atoms with Gasteiger partial charge in [-0.1, -0.05) is 351 Å². The van der Waals surface area contributed by atoms with E-state index in [1.807, 2.05) is 0 Å². The van der Waals surface area contributed by atoms with Gasteiger partial charge >= 0.3 is 39.5 Å². The number of esters is 4. The second kappa shape index (κ2) is 68.2. The average Bonchev–Trinajstić information content (AvgIpc) is 0.990. The molecule has 0 fully saturated rings. The number of ether oxygens (including phenoxy) is 4. The first-order valence-corrected chi connectivity index (χ1v) is 43.7. The Morgan fingerprint density at radius 3 is 0.724 bits per heavy atom. The summed E-state index contributed by atoms with van der Waals surface area (Å²) in [5, 5.41) is 10.6. The summed E-state index contributed by atoms with van der Waals surface area (Å²) < 4.78 is 68.6. The van der Waals surface area contributed by atoms with Gasteiger partial charge in [0, 0.05) is 25.7 Å². The van der Waals surface area contributed by atoms with Gasteiger partial charge in [0.1, 0.15) is 19.3 Å². The summed E-state index contributed by atoms with van der Waals surface area (Å²) in [6.07, 6.45) is 54.2. The van der Waals surface area contributed by atoms with Crippen LogP contribution in [-0.2, 0) is 65.4 Å². The number of unbranched alkanes of at least 4 members (excludes halogenated alkanes) is 41. The van der Waals surface area contributed by atoms with Gasteiger partial charge in [-0.25, -0.2) is 9.13 Å². The van der Waals surface area contributed by atoms with Crippen molar-refractivity contribution in [3.8, 4) is 0 Å². The van der Waals surface area contributed by atoms with Crippen molar-refractivity contribution in [2.24, 2.45) is 23.7 Å². The first kappa shape index (κ1) is 96.1. The van der Waals surface area contributed by atoms with Gasteiger partial charge in [0.25, 0.3) is 0 Å². The minimum Gasteiger partial charge on any atom is -0.462 e. The molecule has 19 heteroatoms. The molecule has 582 valence electrons. The summed E-state index contributed by atoms with van der Waals surface area (Å²) in [5.74, 6) is 0.962. The van der Waals surface area contributed by atoms with E-state index < -0.39 is 97.5 Å². The number of hydrogen-bond donors (Lipinski definition) is 3. The van der Waals surface area contributed by atoms with Crippen LogP contribution in [0.25, 0.3) is 0 Å². The maximum absolute atomic E-state index is 13.1. The number of carbonyl (C=O) groups excluding carboxylic acids is 4. The van der Waals surface area contributed by atoms with Gasteiger partial charge in [-0.05, 0) is 49.4 Å². The van der Waals surface area contributed by atoms with Gasteiger partial charge in [0.05, 0.1) is 26.4 Å². The maximum atomic E-state index is 13.1. The van der Waals surface area contributed by atoms with E-state index in [9.17, 15) is 43.2 Å². The fourth-order valence-electron chi connectivity index (χ4n) is 12.0. The number of rotatable bonds is 76. The molecule has 0 heterocycles. The third-order valence-electron chi connectivity index (χ3n) is 18.7. The fraction of sp³-hybridized carbons (Fsp3) is 0.949. The molecule has 0 radical (unpaired) electrons. The molecule has 0 amide bonds. The molecule has 0 spiro atoms. The number of hydrogen-bond acceptors (Lipinski definition) is 15. The number of aliphatic hydroxyl groups excluding tert-OH is 1. The monoisotopic (exact) mass is 1440 g/mol. The molecule has 6 atom stereocenters. The molecule has 0 aromatic heterocycles. The molecular formula is C79H154O17P2. The number of aliphatic hydroxyl groups is 1. The Morgan fingerprint density at radius 1 is 0.286 bits per heavy atom. The van der Waals surface area contributed by atoms with Crippen molar-refractivity contribution in [3.05, 3.63) is 0 Å². The van der Waals surface area contributed by atoms with Gasteiger partial charge in [-0.2, -0.15) is 0 Å². The smallest absolute Gasteiger partial charge is 0.462 e. The van der Waals surface area contributed by atoms with Crippen LogP contribution >= 0.6 is 15.6 Å². The van der Waals surface area contributed by atoms with Crippen LogP contribution < -0.4 is 0 Å². The highest BCUT2D eigenvalue weighted by molar-refractivity contribution is 7.47. The molecule has 0 rings (SSSR count). The number of phosphoric acid groups is 2. The Balaban J connectivity index is 5.23. The predicted molar refractivity (Wildman–Crippen MR) is 400 cm³/mol. The van der Waals surface area contributed by atoms with Crippen LogP contribution in [0.1, 0.15) is 402 Å². The zero-order valence-electron chi connectivity index (χ0n) is 64.4. The van der Waals surface area contributed by atoms with Gasteiger partial charge in [-0.3, -0.25) is 37.3 Å². The van der Waals surface area contributed by atoms with Crippen LogP contribution in [0, 0.1) is 23.7 Å². The van der Waals surface area contributed by atoms with E-state index in [1.54, 1.807) is 0 Å². The Labute approximate surface area is 600 Å². The van der Waals surface area contributed by atoms with Crippen LogP contribution in [0.2, 0.25) is 0 Å². The van der Waals surface area contributed by atoms with Crippen molar-refractivity contribution < 1.29 is 80.2 Å². The molecule has 0 aliphatic heterocycles. The van der Waals surface area contributed by atoms with E-state index in [1.165, 1.54) is 199 Å². The molecule has 0 bridgehead atoms. The third-order valence-corrected chi connectivity index (χ3v) is 20.6. The van der Waals surface area contributed by atoms with Gasteiger partial charge in [0.15, 0.2) is 12.2 Å². The highest BCUT2D eigenvalue weighted by Gasteiger charge is 2.30. The number of phosphoric ester groups is 2. The molecule has 0 saturated carbocycles. The Kier molecular flexibility index (Phi) is 66.8. The largest absolute Gasteiger partial charge is 0.472 e. The molecule has 0 aliphatic rings. The molecule has 3 N–H and O–H groups in total. The topological polar surface area (TPSA) is 237 Å². The molecule has 0 saturated heterocycles. The fourth-order valence-corrected chi connectivity index (χ4v) is 13.6. The summed E-state index contributed by atoms with van der Waals surface area (Å²) in [6.45, 7) is 14.2. The van der Waals surface area contributed by atoms with Gasteiger partial charge in [0.2, 0.25) is 0 Å². The van der Waals surface area contributed by atoms with Crippen LogP contribution in [0.4, 0.5) is 0 Å². The van der Waals surface area contributed by atoms with Crippen molar-refractivity contribution in [3.63, 3.8) is 0 Å². The van der Waals surface area contributed by atoms with Crippen molar-refractivity contribution in [2.75, 3.05) is 39.6 Å². The Morgan fingerprint density at radius 2 is 0.490 bits per heavy atom. The highest BCUT2D eigenvalue weighted by Crippen LogP contribution is 2.45. The average molecular weight is 1440 g/mol. The van der Waals surface area contributed by atoms with E-state index in [-0.39, 0.29) is 25.7 Å². The van der Waals surface area contributed by atoms with Crippen molar-refractivity contribution in [2.45, 2.75) is 420 Å². The Bertz CT molecular complexity index is 1920. The maximum Gasteiger partial charge on any atom is 0.472 e. The lowest BCUT2D eigenvalue weighted by Crippen LogP contribution is -2.30. The molecule has 98 heavy (non-hydrogen) atoms. The van der Waals surface area contributed by atoms with E-state index in [2.05, 4.69) is 55.4 Å². The zero-order chi connectivity index (χ0) is 72.4. The van der Waals surface area contributed by atoms with Crippen LogP contribution in [0.5, 0.6) is 0 Å². The summed E-state index contributed by atoms with van der Waals surface area (Å²) in [7, 11) is -9.92. The van der Waals surface area contributed by atoms with E-state index in [0.29, 0.717) is 25.7 Å². The molecule has 0 aromatic carbocycles. The first-order chi connectivity index (χ1) is 47.1. The van der Waals surface area contributed by atoms with Crippen molar-refractivity contribution in [1.29, 1.82) is 0 Å². The minimum atomic E-state index is -4.96. The molecule has 0 aromatic rings. The molecule has 0 aliphatic carbocycles. The zero-order valence-corrected chi connectivity index (χ0v) is 66.2. The second-order valence-corrected chi connectivity index (χ2v) is 33.0. The number of carbonyl (C=O) groups is 4. The van der Waals surface area contributed by atoms with E-state index >= 15 is 0 Å². The minimum absolute atomic E-state index is 0.106. The van der Waals surface area contributed by atoms with Crippen molar-refractivity contribution in [1.82, 2.24) is 0 Å². The van der Waals surface area contributed by atoms with Gasteiger partial charge in [-0.15, -0.1) is 0 Å². The summed E-state index contributed by atoms with van der Waals surface area (Å²) in [4.78, 5) is 72.9. The molecular weight excluding hydrogens is 1280 g/mol. The van der Waals surface area contributed by atoms with Crippen molar-refractivity contribution >= 4 is 39.5 Å².